The second-order valence-electron chi connectivity index (χ2n) is 5.63. The van der Waals surface area contributed by atoms with Gasteiger partial charge in [0.25, 0.3) is 0 Å². The Labute approximate surface area is 98.0 Å². The molecule has 1 saturated carbocycles. The lowest BCUT2D eigenvalue weighted by molar-refractivity contribution is 0.0460. The van der Waals surface area contributed by atoms with Crippen LogP contribution >= 0.6 is 0 Å². The zero-order chi connectivity index (χ0) is 11.0. The minimum atomic E-state index is 0.605. The van der Waals surface area contributed by atoms with E-state index in [-0.39, 0.29) is 0 Å². The van der Waals surface area contributed by atoms with Crippen molar-refractivity contribution in [2.45, 2.75) is 38.5 Å². The molecule has 1 aromatic carbocycles. The Morgan fingerprint density at radius 2 is 1.75 bits per heavy atom. The molecule has 1 nitrogen and oxygen atoms in total. The Kier molecular flexibility index (Phi) is 2.51. The van der Waals surface area contributed by atoms with Gasteiger partial charge in [-0.25, -0.2) is 0 Å². The molecule has 2 N–H and O–H groups in total. The lowest BCUT2D eigenvalue weighted by atomic mass is 9.58. The standard InChI is InChI=1S/C15H21N/c16-9-8-15(6-3-7-15)14-10-12-4-1-2-5-13(12)11-14/h1-2,4-5,14H,3,6-11,16H2. The molecular weight excluding hydrogens is 194 g/mol. The van der Waals surface area contributed by atoms with Crippen molar-refractivity contribution < 1.29 is 0 Å². The highest BCUT2D eigenvalue weighted by Crippen LogP contribution is 2.53. The molecule has 0 bridgehead atoms. The fraction of sp³-hybridized carbons (Fsp3) is 0.600. The Bertz CT molecular complexity index is 354. The highest BCUT2D eigenvalue weighted by atomic mass is 14.6. The first-order valence-corrected chi connectivity index (χ1v) is 6.61. The maximum absolute atomic E-state index is 5.80. The van der Waals surface area contributed by atoms with E-state index < -0.39 is 0 Å². The lowest BCUT2D eigenvalue weighted by Crippen LogP contribution is -2.39. The SMILES string of the molecule is NCCC1(C2Cc3ccccc3C2)CCC1. The van der Waals surface area contributed by atoms with Crippen LogP contribution in [0.25, 0.3) is 0 Å². The van der Waals surface area contributed by atoms with Crippen LogP contribution in [0, 0.1) is 11.3 Å². The third-order valence-corrected chi connectivity index (χ3v) is 4.91. The third-order valence-electron chi connectivity index (χ3n) is 4.91. The molecule has 1 heteroatoms. The van der Waals surface area contributed by atoms with Gasteiger partial charge in [-0.2, -0.15) is 0 Å². The Hall–Kier alpha value is -0.820. The van der Waals surface area contributed by atoms with E-state index in [9.17, 15) is 0 Å². The first-order chi connectivity index (χ1) is 7.84. The van der Waals surface area contributed by atoms with Crippen LogP contribution < -0.4 is 5.73 Å². The topological polar surface area (TPSA) is 26.0 Å². The summed E-state index contributed by atoms with van der Waals surface area (Å²) in [7, 11) is 0. The van der Waals surface area contributed by atoms with Gasteiger partial charge in [0.05, 0.1) is 0 Å². The maximum atomic E-state index is 5.80. The van der Waals surface area contributed by atoms with Crippen LogP contribution in [-0.4, -0.2) is 6.54 Å². The van der Waals surface area contributed by atoms with E-state index in [4.69, 9.17) is 5.73 Å². The maximum Gasteiger partial charge on any atom is -0.00719 e. The zero-order valence-corrected chi connectivity index (χ0v) is 9.91. The second kappa shape index (κ2) is 3.89. The predicted molar refractivity (Wildman–Crippen MR) is 67.3 cm³/mol. The smallest absolute Gasteiger partial charge is 0.00719 e. The van der Waals surface area contributed by atoms with Crippen molar-refractivity contribution in [3.63, 3.8) is 0 Å². The van der Waals surface area contributed by atoms with Gasteiger partial charge in [0.1, 0.15) is 0 Å². The number of fused-ring (bicyclic) bond motifs is 1. The summed E-state index contributed by atoms with van der Waals surface area (Å²) in [6.45, 7) is 0.868. The van der Waals surface area contributed by atoms with Crippen molar-refractivity contribution in [2.24, 2.45) is 17.1 Å². The van der Waals surface area contributed by atoms with Gasteiger partial charge in [0.15, 0.2) is 0 Å². The van der Waals surface area contributed by atoms with Crippen LogP contribution in [0.2, 0.25) is 0 Å². The number of hydrogen-bond acceptors (Lipinski definition) is 1. The summed E-state index contributed by atoms with van der Waals surface area (Å²) in [6.07, 6.45) is 8.11. The largest absolute Gasteiger partial charge is 0.330 e. The van der Waals surface area contributed by atoms with E-state index in [1.807, 2.05) is 0 Å². The molecule has 0 heterocycles. The van der Waals surface area contributed by atoms with Crippen LogP contribution in [0.4, 0.5) is 0 Å². The molecular formula is C15H21N. The zero-order valence-electron chi connectivity index (χ0n) is 9.91. The molecule has 0 spiro atoms. The molecule has 0 amide bonds. The molecule has 3 rings (SSSR count). The summed E-state index contributed by atoms with van der Waals surface area (Å²) in [4.78, 5) is 0. The molecule has 0 unspecified atom stereocenters. The second-order valence-corrected chi connectivity index (χ2v) is 5.63. The molecule has 2 aliphatic rings. The van der Waals surface area contributed by atoms with Crippen LogP contribution in [0.15, 0.2) is 24.3 Å². The molecule has 1 aromatic rings. The van der Waals surface area contributed by atoms with Crippen molar-refractivity contribution in [1.82, 2.24) is 0 Å². The number of rotatable bonds is 3. The summed E-state index contributed by atoms with van der Waals surface area (Å²) in [5.74, 6) is 0.877. The van der Waals surface area contributed by atoms with Crippen LogP contribution in [0.5, 0.6) is 0 Å². The Morgan fingerprint density at radius 1 is 1.12 bits per heavy atom. The van der Waals surface area contributed by atoms with Gasteiger partial charge in [-0.3, -0.25) is 0 Å². The molecule has 86 valence electrons. The van der Waals surface area contributed by atoms with Crippen molar-refractivity contribution in [2.75, 3.05) is 6.54 Å². The van der Waals surface area contributed by atoms with E-state index in [1.54, 1.807) is 11.1 Å². The highest BCUT2D eigenvalue weighted by Gasteiger charge is 2.44. The number of nitrogens with two attached hydrogens (primary N) is 1. The van der Waals surface area contributed by atoms with E-state index in [1.165, 1.54) is 38.5 Å². The van der Waals surface area contributed by atoms with E-state index in [0.29, 0.717) is 5.41 Å². The molecule has 0 saturated heterocycles. The summed E-state index contributed by atoms with van der Waals surface area (Å²) in [5, 5.41) is 0. The van der Waals surface area contributed by atoms with Crippen LogP contribution in [-0.2, 0) is 12.8 Å². The van der Waals surface area contributed by atoms with Crippen molar-refractivity contribution in [3.8, 4) is 0 Å². The summed E-state index contributed by atoms with van der Waals surface area (Å²) < 4.78 is 0. The molecule has 0 aliphatic heterocycles. The van der Waals surface area contributed by atoms with Gasteiger partial charge in [0, 0.05) is 0 Å². The predicted octanol–water partition coefficient (Wildman–Crippen LogP) is 2.92. The monoisotopic (exact) mass is 215 g/mol. The first-order valence-electron chi connectivity index (χ1n) is 6.61. The summed E-state index contributed by atoms with van der Waals surface area (Å²) in [5.41, 5.74) is 9.59. The fourth-order valence-corrected chi connectivity index (χ4v) is 3.77. The lowest BCUT2D eigenvalue weighted by Gasteiger charge is -2.47. The van der Waals surface area contributed by atoms with E-state index >= 15 is 0 Å². The Morgan fingerprint density at radius 3 is 2.19 bits per heavy atom. The van der Waals surface area contributed by atoms with Crippen LogP contribution in [0.1, 0.15) is 36.8 Å². The molecule has 0 atom stereocenters. The average molecular weight is 215 g/mol. The fourth-order valence-electron chi connectivity index (χ4n) is 3.77. The van der Waals surface area contributed by atoms with Crippen molar-refractivity contribution in [3.05, 3.63) is 35.4 Å². The van der Waals surface area contributed by atoms with E-state index in [2.05, 4.69) is 24.3 Å². The van der Waals surface area contributed by atoms with Gasteiger partial charge >= 0.3 is 0 Å². The van der Waals surface area contributed by atoms with Crippen molar-refractivity contribution >= 4 is 0 Å². The average Bonchev–Trinajstić information content (AvgIpc) is 2.66. The van der Waals surface area contributed by atoms with Gasteiger partial charge in [-0.15, -0.1) is 0 Å². The van der Waals surface area contributed by atoms with Crippen LogP contribution in [0.3, 0.4) is 0 Å². The van der Waals surface area contributed by atoms with Gasteiger partial charge in [-0.1, -0.05) is 30.7 Å². The summed E-state index contributed by atoms with van der Waals surface area (Å²) >= 11 is 0. The number of benzene rings is 1. The summed E-state index contributed by atoms with van der Waals surface area (Å²) in [6, 6.07) is 8.98. The quantitative estimate of drug-likeness (QED) is 0.824. The molecule has 1 fully saturated rings. The number of hydrogen-bond donors (Lipinski definition) is 1. The minimum absolute atomic E-state index is 0.605. The molecule has 0 radical (unpaired) electrons. The van der Waals surface area contributed by atoms with Gasteiger partial charge in [0.2, 0.25) is 0 Å². The van der Waals surface area contributed by atoms with Gasteiger partial charge in [-0.05, 0) is 61.1 Å². The van der Waals surface area contributed by atoms with E-state index in [0.717, 1.165) is 12.5 Å². The third kappa shape index (κ3) is 1.49. The van der Waals surface area contributed by atoms with Crippen molar-refractivity contribution in [1.29, 1.82) is 0 Å². The molecule has 16 heavy (non-hydrogen) atoms. The Balaban J connectivity index is 1.79. The first kappa shape index (κ1) is 10.3. The van der Waals surface area contributed by atoms with Gasteiger partial charge < -0.3 is 5.73 Å². The highest BCUT2D eigenvalue weighted by molar-refractivity contribution is 5.33. The minimum Gasteiger partial charge on any atom is -0.330 e. The molecule has 0 aromatic heterocycles. The normalized spacial score (nSPS) is 22.8. The molecule has 2 aliphatic carbocycles.